The predicted octanol–water partition coefficient (Wildman–Crippen LogP) is 3.55. The molecule has 0 saturated carbocycles. The molecule has 0 spiro atoms. The van der Waals surface area contributed by atoms with Crippen molar-refractivity contribution in [3.63, 3.8) is 0 Å². The highest BCUT2D eigenvalue weighted by atomic mass is 32.2. The second-order valence-corrected chi connectivity index (χ2v) is 8.44. The fourth-order valence-corrected chi connectivity index (χ4v) is 4.52. The molecule has 0 aliphatic carbocycles. The second kappa shape index (κ2) is 6.57. The van der Waals surface area contributed by atoms with E-state index in [2.05, 4.69) is 20.4 Å². The minimum Gasteiger partial charge on any atom is -0.419 e. The van der Waals surface area contributed by atoms with E-state index < -0.39 is 0 Å². The normalized spacial score (nSPS) is 12.8. The van der Waals surface area contributed by atoms with Gasteiger partial charge in [0.1, 0.15) is 0 Å². The fourth-order valence-electron chi connectivity index (χ4n) is 2.99. The lowest BCUT2D eigenvalue weighted by Gasteiger charge is -2.09. The van der Waals surface area contributed by atoms with E-state index in [1.165, 1.54) is 16.3 Å². The zero-order valence-corrected chi connectivity index (χ0v) is 16.6. The third-order valence-corrected chi connectivity index (χ3v) is 6.29. The van der Waals surface area contributed by atoms with Crippen LogP contribution in [0.25, 0.3) is 27.4 Å². The van der Waals surface area contributed by atoms with Crippen molar-refractivity contribution in [1.82, 2.24) is 29.4 Å². The van der Waals surface area contributed by atoms with Crippen molar-refractivity contribution in [3.8, 4) is 10.8 Å². The number of aromatic nitrogens is 6. The lowest BCUT2D eigenvalue weighted by atomic mass is 10.2. The molecular formula is C18H14N6O2S2. The molecule has 0 N–H and O–H groups in total. The summed E-state index contributed by atoms with van der Waals surface area (Å²) < 4.78 is 9.22. The first kappa shape index (κ1) is 17.1. The number of thioether (sulfide) groups is 1. The predicted molar refractivity (Wildman–Crippen MR) is 108 cm³/mol. The summed E-state index contributed by atoms with van der Waals surface area (Å²) in [6, 6.07) is 11.3. The van der Waals surface area contributed by atoms with Gasteiger partial charge < -0.3 is 4.42 Å². The van der Waals surface area contributed by atoms with Crippen molar-refractivity contribution in [3.05, 3.63) is 58.0 Å². The maximum Gasteiger partial charge on any atom is 0.262 e. The number of aryl methyl sites for hydroxylation is 1. The van der Waals surface area contributed by atoms with Crippen molar-refractivity contribution >= 4 is 39.8 Å². The van der Waals surface area contributed by atoms with Crippen LogP contribution in [0.3, 0.4) is 0 Å². The van der Waals surface area contributed by atoms with Gasteiger partial charge in [-0.25, -0.2) is 0 Å². The van der Waals surface area contributed by atoms with Gasteiger partial charge in [0.15, 0.2) is 5.16 Å². The van der Waals surface area contributed by atoms with Crippen molar-refractivity contribution in [2.75, 3.05) is 0 Å². The number of fused-ring (bicyclic) bond motifs is 3. The number of benzene rings is 1. The van der Waals surface area contributed by atoms with E-state index in [4.69, 9.17) is 4.42 Å². The van der Waals surface area contributed by atoms with Crippen molar-refractivity contribution in [2.45, 2.75) is 17.3 Å². The highest BCUT2D eigenvalue weighted by Crippen LogP contribution is 2.35. The first-order chi connectivity index (χ1) is 13.6. The standard InChI is InChI=1S/C18H14N6O2S2/c1-10(14-19-20-15(26-14)13-8-5-9-27-13)28-18-22-21-17-23(2)16(25)11-6-3-4-7-12(11)24(17)18/h3-10H,1-2H3. The average Bonchev–Trinajstić information content (AvgIpc) is 3.46. The van der Waals surface area contributed by atoms with E-state index in [0.29, 0.717) is 28.1 Å². The van der Waals surface area contributed by atoms with Crippen molar-refractivity contribution < 1.29 is 4.42 Å². The summed E-state index contributed by atoms with van der Waals surface area (Å²) in [7, 11) is 1.70. The van der Waals surface area contributed by atoms with Crippen LogP contribution >= 0.6 is 23.1 Å². The number of para-hydroxylation sites is 1. The maximum absolute atomic E-state index is 12.6. The second-order valence-electron chi connectivity index (χ2n) is 6.18. The average molecular weight is 410 g/mol. The number of hydrogen-bond acceptors (Lipinski definition) is 8. The monoisotopic (exact) mass is 410 g/mol. The van der Waals surface area contributed by atoms with E-state index in [-0.39, 0.29) is 10.8 Å². The van der Waals surface area contributed by atoms with E-state index in [1.807, 2.05) is 47.0 Å². The van der Waals surface area contributed by atoms with Gasteiger partial charge in [0, 0.05) is 7.05 Å². The van der Waals surface area contributed by atoms with Gasteiger partial charge in [-0.3, -0.25) is 13.8 Å². The van der Waals surface area contributed by atoms with Gasteiger partial charge in [-0.1, -0.05) is 30.0 Å². The minimum absolute atomic E-state index is 0.0995. The Hall–Kier alpha value is -2.98. The minimum atomic E-state index is -0.135. The molecule has 1 aromatic carbocycles. The van der Waals surface area contributed by atoms with Gasteiger partial charge in [-0.15, -0.1) is 31.7 Å². The van der Waals surface area contributed by atoms with Gasteiger partial charge in [0.05, 0.1) is 21.0 Å². The van der Waals surface area contributed by atoms with Gasteiger partial charge in [0.25, 0.3) is 11.4 Å². The SMILES string of the molecule is CC(Sc1nnc2n(C)c(=O)c3ccccc3n12)c1nnc(-c2cccs2)o1. The highest BCUT2D eigenvalue weighted by molar-refractivity contribution is 7.99. The third kappa shape index (κ3) is 2.64. The van der Waals surface area contributed by atoms with Crippen LogP contribution in [-0.4, -0.2) is 29.4 Å². The zero-order valence-electron chi connectivity index (χ0n) is 14.9. The van der Waals surface area contributed by atoms with E-state index in [1.54, 1.807) is 24.5 Å². The Morgan fingerprint density at radius 1 is 1.11 bits per heavy atom. The summed E-state index contributed by atoms with van der Waals surface area (Å²) in [5.74, 6) is 1.51. The van der Waals surface area contributed by atoms with E-state index in [9.17, 15) is 4.79 Å². The topological polar surface area (TPSA) is 91.1 Å². The molecule has 8 nitrogen and oxygen atoms in total. The first-order valence-corrected chi connectivity index (χ1v) is 10.3. The van der Waals surface area contributed by atoms with Crippen LogP contribution in [0.2, 0.25) is 0 Å². The smallest absolute Gasteiger partial charge is 0.262 e. The molecule has 0 saturated heterocycles. The molecule has 0 aliphatic heterocycles. The molecule has 10 heteroatoms. The Balaban J connectivity index is 1.56. The Kier molecular flexibility index (Phi) is 4.02. The Morgan fingerprint density at radius 3 is 2.79 bits per heavy atom. The first-order valence-electron chi connectivity index (χ1n) is 8.50. The van der Waals surface area contributed by atoms with Crippen LogP contribution in [0.5, 0.6) is 0 Å². The van der Waals surface area contributed by atoms with Crippen LogP contribution in [0.1, 0.15) is 18.1 Å². The molecule has 28 heavy (non-hydrogen) atoms. The zero-order chi connectivity index (χ0) is 19.3. The lowest BCUT2D eigenvalue weighted by Crippen LogP contribution is -2.20. The maximum atomic E-state index is 12.6. The fraction of sp³-hybridized carbons (Fsp3) is 0.167. The molecule has 5 rings (SSSR count). The van der Waals surface area contributed by atoms with Crippen LogP contribution in [0.15, 0.2) is 56.1 Å². The van der Waals surface area contributed by atoms with E-state index in [0.717, 1.165) is 10.4 Å². The van der Waals surface area contributed by atoms with E-state index >= 15 is 0 Å². The van der Waals surface area contributed by atoms with Crippen LogP contribution in [0.4, 0.5) is 0 Å². The van der Waals surface area contributed by atoms with Crippen LogP contribution < -0.4 is 5.56 Å². The molecular weight excluding hydrogens is 396 g/mol. The Morgan fingerprint density at radius 2 is 1.96 bits per heavy atom. The van der Waals surface area contributed by atoms with Crippen LogP contribution in [0, 0.1) is 0 Å². The molecule has 140 valence electrons. The molecule has 1 atom stereocenters. The van der Waals surface area contributed by atoms with Crippen molar-refractivity contribution in [2.24, 2.45) is 7.05 Å². The highest BCUT2D eigenvalue weighted by Gasteiger charge is 2.21. The third-order valence-electron chi connectivity index (χ3n) is 4.40. The molecule has 0 radical (unpaired) electrons. The summed E-state index contributed by atoms with van der Waals surface area (Å²) in [5.41, 5.74) is 0.669. The van der Waals surface area contributed by atoms with Gasteiger partial charge >= 0.3 is 0 Å². The summed E-state index contributed by atoms with van der Waals surface area (Å²) in [5, 5.41) is 19.9. The molecule has 4 aromatic heterocycles. The summed E-state index contributed by atoms with van der Waals surface area (Å²) in [6.07, 6.45) is 0. The number of nitrogens with zero attached hydrogens (tertiary/aromatic N) is 6. The molecule has 0 amide bonds. The molecule has 4 heterocycles. The largest absolute Gasteiger partial charge is 0.419 e. The summed E-state index contributed by atoms with van der Waals surface area (Å²) >= 11 is 3.00. The quantitative estimate of drug-likeness (QED) is 0.419. The molecule has 0 fully saturated rings. The molecule has 0 aliphatic rings. The van der Waals surface area contributed by atoms with Gasteiger partial charge in [-0.05, 0) is 30.5 Å². The summed E-state index contributed by atoms with van der Waals surface area (Å²) in [6.45, 7) is 1.97. The van der Waals surface area contributed by atoms with Gasteiger partial charge in [0.2, 0.25) is 11.7 Å². The molecule has 5 aromatic rings. The number of thiophene rings is 1. The summed E-state index contributed by atoms with van der Waals surface area (Å²) in [4.78, 5) is 13.5. The molecule has 0 bridgehead atoms. The van der Waals surface area contributed by atoms with Gasteiger partial charge in [-0.2, -0.15) is 0 Å². The Bertz CT molecular complexity index is 1350. The lowest BCUT2D eigenvalue weighted by molar-refractivity contribution is 0.510. The van der Waals surface area contributed by atoms with Crippen molar-refractivity contribution in [1.29, 1.82) is 0 Å². The molecule has 1 unspecified atom stereocenters. The van der Waals surface area contributed by atoms with Crippen LogP contribution in [-0.2, 0) is 7.05 Å². The Labute approximate surface area is 166 Å². The number of rotatable bonds is 4. The number of hydrogen-bond donors (Lipinski definition) is 0.